The van der Waals surface area contributed by atoms with E-state index >= 15 is 0 Å². The van der Waals surface area contributed by atoms with Crippen LogP contribution in [0.5, 0.6) is 5.75 Å². The van der Waals surface area contributed by atoms with E-state index in [9.17, 15) is 0 Å². The SMILES string of the molecule is C=CSc1nc2ccc(OCC)cc2s1. The molecule has 0 unspecified atom stereocenters. The number of rotatable bonds is 4. The molecule has 1 aromatic heterocycles. The lowest BCUT2D eigenvalue weighted by atomic mass is 10.3. The molecule has 2 aromatic rings. The fraction of sp³-hybridized carbons (Fsp3) is 0.182. The van der Waals surface area contributed by atoms with Gasteiger partial charge in [-0.05, 0) is 30.5 Å². The number of thiazole rings is 1. The number of thioether (sulfide) groups is 1. The Hall–Kier alpha value is -1.000. The second-order valence-corrected chi connectivity index (χ2v) is 5.07. The third-order valence-electron chi connectivity index (χ3n) is 1.84. The van der Waals surface area contributed by atoms with E-state index < -0.39 is 0 Å². The normalized spacial score (nSPS) is 10.5. The van der Waals surface area contributed by atoms with Crippen LogP contribution in [-0.4, -0.2) is 11.6 Å². The van der Waals surface area contributed by atoms with Crippen molar-refractivity contribution in [3.8, 4) is 5.75 Å². The fourth-order valence-electron chi connectivity index (χ4n) is 1.26. The van der Waals surface area contributed by atoms with Gasteiger partial charge in [0.1, 0.15) is 5.75 Å². The molecule has 0 aliphatic rings. The molecule has 0 saturated carbocycles. The van der Waals surface area contributed by atoms with E-state index in [1.807, 2.05) is 25.1 Å². The van der Waals surface area contributed by atoms with Gasteiger partial charge in [0.2, 0.25) is 0 Å². The topological polar surface area (TPSA) is 22.1 Å². The Bertz CT molecular complexity index is 478. The van der Waals surface area contributed by atoms with Crippen LogP contribution in [0.1, 0.15) is 6.92 Å². The molecule has 15 heavy (non-hydrogen) atoms. The Kier molecular flexibility index (Phi) is 3.28. The maximum Gasteiger partial charge on any atom is 0.155 e. The molecule has 0 aliphatic carbocycles. The maximum absolute atomic E-state index is 5.44. The van der Waals surface area contributed by atoms with Gasteiger partial charge in [-0.15, -0.1) is 11.3 Å². The molecule has 0 saturated heterocycles. The first-order valence-corrected chi connectivity index (χ1v) is 6.34. The standard InChI is InChI=1S/C11H11NOS2/c1-3-13-8-5-6-9-10(7-8)15-11(12-9)14-4-2/h4-7H,2-3H2,1H3. The Morgan fingerprint density at radius 1 is 1.60 bits per heavy atom. The quantitative estimate of drug-likeness (QED) is 0.752. The Morgan fingerprint density at radius 2 is 2.47 bits per heavy atom. The van der Waals surface area contributed by atoms with Gasteiger partial charge in [-0.3, -0.25) is 0 Å². The summed E-state index contributed by atoms with van der Waals surface area (Å²) in [5, 5.41) is 1.79. The minimum absolute atomic E-state index is 0.693. The van der Waals surface area contributed by atoms with Crippen molar-refractivity contribution in [2.75, 3.05) is 6.61 Å². The van der Waals surface area contributed by atoms with Gasteiger partial charge in [0.25, 0.3) is 0 Å². The zero-order valence-corrected chi connectivity index (χ0v) is 10.0. The van der Waals surface area contributed by atoms with Crippen LogP contribution in [0, 0.1) is 0 Å². The van der Waals surface area contributed by atoms with Crippen molar-refractivity contribution in [3.63, 3.8) is 0 Å². The summed E-state index contributed by atoms with van der Waals surface area (Å²) in [6.45, 7) is 6.35. The van der Waals surface area contributed by atoms with Gasteiger partial charge < -0.3 is 4.74 Å². The molecule has 0 amide bonds. The lowest BCUT2D eigenvalue weighted by Gasteiger charge is -2.00. The first-order valence-electron chi connectivity index (χ1n) is 4.64. The van der Waals surface area contributed by atoms with Gasteiger partial charge in [0, 0.05) is 0 Å². The van der Waals surface area contributed by atoms with Crippen LogP contribution in [0.25, 0.3) is 10.2 Å². The molecule has 0 bridgehead atoms. The number of hydrogen-bond donors (Lipinski definition) is 0. The summed E-state index contributed by atoms with van der Waals surface area (Å²) in [5.74, 6) is 0.906. The summed E-state index contributed by atoms with van der Waals surface area (Å²) in [6.07, 6.45) is 0. The molecule has 0 atom stereocenters. The first kappa shape index (κ1) is 10.5. The van der Waals surface area contributed by atoms with E-state index in [0.717, 1.165) is 20.3 Å². The molecule has 0 fully saturated rings. The van der Waals surface area contributed by atoms with E-state index in [1.54, 1.807) is 28.5 Å². The average molecular weight is 237 g/mol. The van der Waals surface area contributed by atoms with E-state index in [0.29, 0.717) is 6.61 Å². The van der Waals surface area contributed by atoms with Gasteiger partial charge >= 0.3 is 0 Å². The Morgan fingerprint density at radius 3 is 3.20 bits per heavy atom. The monoisotopic (exact) mass is 237 g/mol. The average Bonchev–Trinajstić information content (AvgIpc) is 2.60. The zero-order valence-electron chi connectivity index (χ0n) is 8.40. The van der Waals surface area contributed by atoms with Crippen LogP contribution in [0.15, 0.2) is 34.5 Å². The highest BCUT2D eigenvalue weighted by Gasteiger charge is 2.04. The maximum atomic E-state index is 5.44. The summed E-state index contributed by atoms with van der Waals surface area (Å²) >= 11 is 3.21. The summed E-state index contributed by atoms with van der Waals surface area (Å²) in [5.41, 5.74) is 1.02. The summed E-state index contributed by atoms with van der Waals surface area (Å²) < 4.78 is 7.61. The summed E-state index contributed by atoms with van der Waals surface area (Å²) in [7, 11) is 0. The fourth-order valence-corrected chi connectivity index (χ4v) is 2.95. The molecular weight excluding hydrogens is 226 g/mol. The number of benzene rings is 1. The summed E-state index contributed by atoms with van der Waals surface area (Å²) in [6, 6.07) is 5.97. The molecule has 2 nitrogen and oxygen atoms in total. The largest absolute Gasteiger partial charge is 0.494 e. The molecule has 0 aliphatic heterocycles. The van der Waals surface area contributed by atoms with E-state index in [1.165, 1.54) is 0 Å². The van der Waals surface area contributed by atoms with Crippen molar-refractivity contribution < 1.29 is 4.74 Å². The number of hydrogen-bond acceptors (Lipinski definition) is 4. The highest BCUT2D eigenvalue weighted by Crippen LogP contribution is 2.31. The minimum atomic E-state index is 0.693. The first-order chi connectivity index (χ1) is 7.33. The second-order valence-electron chi connectivity index (χ2n) is 2.83. The molecule has 1 aromatic carbocycles. The third kappa shape index (κ3) is 2.33. The number of fused-ring (bicyclic) bond motifs is 1. The molecule has 0 spiro atoms. The van der Waals surface area contributed by atoms with Crippen LogP contribution < -0.4 is 4.74 Å². The van der Waals surface area contributed by atoms with Crippen molar-refractivity contribution in [1.82, 2.24) is 4.98 Å². The lowest BCUT2D eigenvalue weighted by Crippen LogP contribution is -1.89. The van der Waals surface area contributed by atoms with Crippen LogP contribution in [0.3, 0.4) is 0 Å². The zero-order chi connectivity index (χ0) is 10.7. The molecule has 0 N–H and O–H groups in total. The van der Waals surface area contributed by atoms with Crippen LogP contribution in [0.2, 0.25) is 0 Å². The number of ether oxygens (including phenoxy) is 1. The van der Waals surface area contributed by atoms with Crippen molar-refractivity contribution >= 4 is 33.3 Å². The lowest BCUT2D eigenvalue weighted by molar-refractivity contribution is 0.341. The molecule has 78 valence electrons. The van der Waals surface area contributed by atoms with E-state index in [4.69, 9.17) is 4.74 Å². The molecule has 1 heterocycles. The Balaban J connectivity index is 2.38. The van der Waals surface area contributed by atoms with Gasteiger partial charge in [0.05, 0.1) is 16.8 Å². The van der Waals surface area contributed by atoms with Crippen molar-refractivity contribution in [1.29, 1.82) is 0 Å². The predicted octanol–water partition coefficient (Wildman–Crippen LogP) is 3.93. The van der Waals surface area contributed by atoms with Crippen molar-refractivity contribution in [2.45, 2.75) is 11.3 Å². The molecule has 0 radical (unpaired) electrons. The number of aromatic nitrogens is 1. The number of nitrogens with zero attached hydrogens (tertiary/aromatic N) is 1. The second kappa shape index (κ2) is 4.68. The van der Waals surface area contributed by atoms with Gasteiger partial charge in [0.15, 0.2) is 4.34 Å². The predicted molar refractivity (Wildman–Crippen MR) is 66.8 cm³/mol. The van der Waals surface area contributed by atoms with Crippen molar-refractivity contribution in [2.24, 2.45) is 0 Å². The van der Waals surface area contributed by atoms with Gasteiger partial charge in [-0.25, -0.2) is 4.98 Å². The Labute approximate surface area is 97.0 Å². The minimum Gasteiger partial charge on any atom is -0.494 e. The highest BCUT2D eigenvalue weighted by molar-refractivity contribution is 8.03. The van der Waals surface area contributed by atoms with Crippen molar-refractivity contribution in [3.05, 3.63) is 30.2 Å². The molecular formula is C11H11NOS2. The van der Waals surface area contributed by atoms with Crippen LogP contribution >= 0.6 is 23.1 Å². The molecule has 4 heteroatoms. The van der Waals surface area contributed by atoms with E-state index in [2.05, 4.69) is 11.6 Å². The van der Waals surface area contributed by atoms with Crippen LogP contribution in [-0.2, 0) is 0 Å². The van der Waals surface area contributed by atoms with Gasteiger partial charge in [-0.2, -0.15) is 0 Å². The van der Waals surface area contributed by atoms with Crippen LogP contribution in [0.4, 0.5) is 0 Å². The van der Waals surface area contributed by atoms with Gasteiger partial charge in [-0.1, -0.05) is 18.3 Å². The highest BCUT2D eigenvalue weighted by atomic mass is 32.2. The summed E-state index contributed by atoms with van der Waals surface area (Å²) in [4.78, 5) is 4.46. The van der Waals surface area contributed by atoms with E-state index in [-0.39, 0.29) is 0 Å². The smallest absolute Gasteiger partial charge is 0.155 e. The molecule has 2 rings (SSSR count). The third-order valence-corrected chi connectivity index (χ3v) is 3.65.